The van der Waals surface area contributed by atoms with Crippen molar-refractivity contribution in [3.05, 3.63) is 94.7 Å². The average molecular weight is 422 g/mol. The van der Waals surface area contributed by atoms with Gasteiger partial charge in [0.1, 0.15) is 0 Å². The molecule has 0 bridgehead atoms. The highest BCUT2D eigenvalue weighted by atomic mass is 16.1. The van der Waals surface area contributed by atoms with Gasteiger partial charge >= 0.3 is 0 Å². The molecule has 2 unspecified atom stereocenters. The van der Waals surface area contributed by atoms with Gasteiger partial charge in [0.2, 0.25) is 0 Å². The van der Waals surface area contributed by atoms with E-state index < -0.39 is 0 Å². The van der Waals surface area contributed by atoms with Gasteiger partial charge in [0, 0.05) is 40.8 Å². The van der Waals surface area contributed by atoms with Crippen LogP contribution in [0.25, 0.3) is 22.0 Å². The zero-order valence-electron chi connectivity index (χ0n) is 18.2. The van der Waals surface area contributed by atoms with E-state index in [1.165, 1.54) is 34.1 Å². The molecule has 2 heterocycles. The molecular formula is C28H27N3O. The summed E-state index contributed by atoms with van der Waals surface area (Å²) in [7, 11) is 0. The van der Waals surface area contributed by atoms with Crippen molar-refractivity contribution < 1.29 is 4.79 Å². The minimum absolute atomic E-state index is 0.0309. The van der Waals surface area contributed by atoms with Crippen LogP contribution in [-0.4, -0.2) is 10.9 Å². The quantitative estimate of drug-likeness (QED) is 0.390. The Morgan fingerprint density at radius 1 is 1.00 bits per heavy atom. The fraction of sp³-hybridized carbons (Fsp3) is 0.250. The summed E-state index contributed by atoms with van der Waals surface area (Å²) in [5, 5.41) is 8.07. The molecule has 3 aromatic carbocycles. The van der Waals surface area contributed by atoms with Crippen LogP contribution in [-0.2, 0) is 13.0 Å². The number of hydrogen-bond acceptors (Lipinski definition) is 2. The van der Waals surface area contributed by atoms with Crippen molar-refractivity contribution in [1.29, 1.82) is 0 Å². The second-order valence-corrected chi connectivity index (χ2v) is 9.08. The highest BCUT2D eigenvalue weighted by Gasteiger charge is 2.26. The molecule has 4 nitrogen and oxygen atoms in total. The first-order valence-electron chi connectivity index (χ1n) is 11.5. The van der Waals surface area contributed by atoms with E-state index in [1.807, 2.05) is 6.07 Å². The zero-order valence-corrected chi connectivity index (χ0v) is 18.2. The molecule has 0 spiro atoms. The van der Waals surface area contributed by atoms with Crippen LogP contribution in [0.3, 0.4) is 0 Å². The zero-order chi connectivity index (χ0) is 21.7. The summed E-state index contributed by atoms with van der Waals surface area (Å²) in [5.41, 5.74) is 9.43. The van der Waals surface area contributed by atoms with E-state index >= 15 is 0 Å². The number of hydrogen-bond donors (Lipinski definition) is 3. The minimum Gasteiger partial charge on any atom is -0.357 e. The van der Waals surface area contributed by atoms with Gasteiger partial charge in [-0.05, 0) is 72.2 Å². The Hall–Kier alpha value is -3.37. The molecule has 0 saturated carbocycles. The number of nitrogens with one attached hydrogen (secondary N) is 3. The fourth-order valence-electron chi connectivity index (χ4n) is 5.34. The SMILES string of the molecule is CC(NC1CCCc2c1[nH]c1ccc(-c3ccc4c(c3)C(=O)NC4)cc21)c1ccccc1. The van der Waals surface area contributed by atoms with Gasteiger partial charge in [-0.2, -0.15) is 0 Å². The molecule has 1 amide bonds. The van der Waals surface area contributed by atoms with Crippen LogP contribution in [0.2, 0.25) is 0 Å². The maximum atomic E-state index is 12.1. The number of aryl methyl sites for hydroxylation is 1. The molecular weight excluding hydrogens is 394 g/mol. The van der Waals surface area contributed by atoms with Crippen LogP contribution in [0.1, 0.15) is 64.6 Å². The molecule has 4 aromatic rings. The summed E-state index contributed by atoms with van der Waals surface area (Å²) in [6, 6.07) is 24.2. The second kappa shape index (κ2) is 7.64. The molecule has 1 aliphatic heterocycles. The lowest BCUT2D eigenvalue weighted by Crippen LogP contribution is -2.27. The summed E-state index contributed by atoms with van der Waals surface area (Å²) >= 11 is 0. The highest BCUT2D eigenvalue weighted by molar-refractivity contribution is 6.00. The first-order valence-corrected chi connectivity index (χ1v) is 11.5. The standard InChI is InChI=1S/C28H27N3O/c1-17(18-6-3-2-4-7-18)30-26-9-5-8-22-24-15-20(12-13-25(24)31-27(22)26)19-10-11-21-16-29-28(32)23(21)14-19/h2-4,6-7,10-15,17,26,30-31H,5,8-9,16H2,1H3,(H,29,32). The number of amides is 1. The Morgan fingerprint density at radius 3 is 2.69 bits per heavy atom. The first kappa shape index (κ1) is 19.3. The van der Waals surface area contributed by atoms with Crippen molar-refractivity contribution in [2.45, 2.75) is 44.8 Å². The van der Waals surface area contributed by atoms with E-state index in [0.717, 1.165) is 35.1 Å². The van der Waals surface area contributed by atoms with Crippen LogP contribution >= 0.6 is 0 Å². The number of carbonyl (C=O) groups is 1. The molecule has 0 fully saturated rings. The molecule has 1 aromatic heterocycles. The van der Waals surface area contributed by atoms with Crippen molar-refractivity contribution in [3.63, 3.8) is 0 Å². The van der Waals surface area contributed by atoms with E-state index in [-0.39, 0.29) is 5.91 Å². The maximum absolute atomic E-state index is 12.1. The number of aromatic amines is 1. The largest absolute Gasteiger partial charge is 0.357 e. The van der Waals surface area contributed by atoms with Gasteiger partial charge in [0.15, 0.2) is 0 Å². The Balaban J connectivity index is 1.35. The van der Waals surface area contributed by atoms with Gasteiger partial charge < -0.3 is 15.6 Å². The number of carbonyl (C=O) groups excluding carboxylic acids is 1. The predicted molar refractivity (Wildman–Crippen MR) is 129 cm³/mol. The van der Waals surface area contributed by atoms with Crippen LogP contribution < -0.4 is 10.6 Å². The first-order chi connectivity index (χ1) is 15.7. The van der Waals surface area contributed by atoms with Gasteiger partial charge in [0.25, 0.3) is 5.91 Å². The normalized spacial score (nSPS) is 18.3. The monoisotopic (exact) mass is 421 g/mol. The number of H-pyrrole nitrogens is 1. The Bertz CT molecular complexity index is 1320. The molecule has 0 radical (unpaired) electrons. The van der Waals surface area contributed by atoms with Gasteiger partial charge in [-0.3, -0.25) is 4.79 Å². The van der Waals surface area contributed by atoms with Crippen LogP contribution in [0.4, 0.5) is 0 Å². The summed E-state index contributed by atoms with van der Waals surface area (Å²) in [6.45, 7) is 2.88. The summed E-state index contributed by atoms with van der Waals surface area (Å²) in [5.74, 6) is 0.0309. The Labute approximate surface area is 188 Å². The summed E-state index contributed by atoms with van der Waals surface area (Å²) < 4.78 is 0. The molecule has 4 heteroatoms. The van der Waals surface area contributed by atoms with Crippen molar-refractivity contribution in [1.82, 2.24) is 15.6 Å². The lowest BCUT2D eigenvalue weighted by Gasteiger charge is -2.27. The molecule has 3 N–H and O–H groups in total. The van der Waals surface area contributed by atoms with Crippen molar-refractivity contribution in [2.75, 3.05) is 0 Å². The number of aromatic nitrogens is 1. The number of benzene rings is 3. The molecule has 160 valence electrons. The third kappa shape index (κ3) is 3.23. The Kier molecular flexibility index (Phi) is 4.62. The van der Waals surface area contributed by atoms with Crippen LogP contribution in [0, 0.1) is 0 Å². The van der Waals surface area contributed by atoms with Crippen LogP contribution in [0.15, 0.2) is 66.7 Å². The average Bonchev–Trinajstić information content (AvgIpc) is 3.40. The van der Waals surface area contributed by atoms with E-state index in [0.29, 0.717) is 18.6 Å². The molecule has 0 saturated heterocycles. The van der Waals surface area contributed by atoms with Crippen molar-refractivity contribution in [2.24, 2.45) is 0 Å². The topological polar surface area (TPSA) is 56.9 Å². The molecule has 1 aliphatic carbocycles. The second-order valence-electron chi connectivity index (χ2n) is 9.08. The van der Waals surface area contributed by atoms with E-state index in [1.54, 1.807) is 0 Å². The summed E-state index contributed by atoms with van der Waals surface area (Å²) in [6.07, 6.45) is 3.43. The minimum atomic E-state index is 0.0309. The molecule has 2 atom stereocenters. The van der Waals surface area contributed by atoms with Crippen molar-refractivity contribution in [3.8, 4) is 11.1 Å². The number of fused-ring (bicyclic) bond motifs is 4. The van der Waals surface area contributed by atoms with E-state index in [2.05, 4.69) is 83.2 Å². The molecule has 6 rings (SSSR count). The Morgan fingerprint density at radius 2 is 1.81 bits per heavy atom. The summed E-state index contributed by atoms with van der Waals surface area (Å²) in [4.78, 5) is 15.8. The smallest absolute Gasteiger partial charge is 0.251 e. The van der Waals surface area contributed by atoms with Gasteiger partial charge in [-0.15, -0.1) is 0 Å². The van der Waals surface area contributed by atoms with Gasteiger partial charge in [-0.25, -0.2) is 0 Å². The number of rotatable bonds is 4. The van der Waals surface area contributed by atoms with Gasteiger partial charge in [0.05, 0.1) is 0 Å². The lowest BCUT2D eigenvalue weighted by molar-refractivity contribution is 0.0966. The van der Waals surface area contributed by atoms with E-state index in [4.69, 9.17) is 0 Å². The highest BCUT2D eigenvalue weighted by Crippen LogP contribution is 2.38. The van der Waals surface area contributed by atoms with Gasteiger partial charge in [-0.1, -0.05) is 48.5 Å². The third-order valence-corrected chi connectivity index (χ3v) is 7.09. The maximum Gasteiger partial charge on any atom is 0.251 e. The molecule has 2 aliphatic rings. The predicted octanol–water partition coefficient (Wildman–Crippen LogP) is 5.81. The lowest BCUT2D eigenvalue weighted by atomic mass is 9.90. The molecule has 32 heavy (non-hydrogen) atoms. The third-order valence-electron chi connectivity index (χ3n) is 7.09. The fourth-order valence-corrected chi connectivity index (χ4v) is 5.34. The van der Waals surface area contributed by atoms with Crippen LogP contribution in [0.5, 0.6) is 0 Å². The van der Waals surface area contributed by atoms with E-state index in [9.17, 15) is 4.79 Å². The van der Waals surface area contributed by atoms with Crippen molar-refractivity contribution >= 4 is 16.8 Å².